The molecule has 174 valence electrons. The van der Waals surface area contributed by atoms with Crippen molar-refractivity contribution in [3.63, 3.8) is 0 Å². The van der Waals surface area contributed by atoms with Gasteiger partial charge in [0.1, 0.15) is 13.2 Å². The molecule has 9 heteroatoms. The van der Waals surface area contributed by atoms with Gasteiger partial charge in [0.15, 0.2) is 11.5 Å². The van der Waals surface area contributed by atoms with Gasteiger partial charge < -0.3 is 15.2 Å². The second-order valence-corrected chi connectivity index (χ2v) is 8.82. The number of nitrogens with zero attached hydrogens (tertiary/aromatic N) is 1. The monoisotopic (exact) mass is 496 g/mol. The summed E-state index contributed by atoms with van der Waals surface area (Å²) in [6.45, 7) is 2.03. The zero-order chi connectivity index (χ0) is 24.2. The lowest BCUT2D eigenvalue weighted by Crippen LogP contribution is -2.36. The second-order valence-electron chi connectivity index (χ2n) is 7.42. The molecule has 1 heterocycles. The Kier molecular flexibility index (Phi) is 7.09. The van der Waals surface area contributed by atoms with E-state index >= 15 is 0 Å². The minimum absolute atomic E-state index is 0.161. The van der Waals surface area contributed by atoms with Crippen LogP contribution in [0.4, 0.5) is 4.79 Å². The Morgan fingerprint density at radius 1 is 1.12 bits per heavy atom. The van der Waals surface area contributed by atoms with Gasteiger partial charge in [-0.15, -0.1) is 0 Å². The SMILES string of the molecule is CCOc1cc(/C=C2\SC(=O)N(CC(N)=O)C2=O)cc(Cl)c1OCc1cccc2ccccc12. The molecule has 3 amide bonds. The molecule has 0 saturated carbocycles. The van der Waals surface area contributed by atoms with E-state index in [0.717, 1.165) is 33.0 Å². The first-order valence-corrected chi connectivity index (χ1v) is 11.7. The molecule has 3 aromatic rings. The highest BCUT2D eigenvalue weighted by Gasteiger charge is 2.35. The Morgan fingerprint density at radius 2 is 1.88 bits per heavy atom. The van der Waals surface area contributed by atoms with Gasteiger partial charge in [-0.1, -0.05) is 54.1 Å². The highest BCUT2D eigenvalue weighted by atomic mass is 35.5. The lowest BCUT2D eigenvalue weighted by atomic mass is 10.1. The van der Waals surface area contributed by atoms with Crippen LogP contribution in [0.25, 0.3) is 16.8 Å². The van der Waals surface area contributed by atoms with Crippen molar-refractivity contribution < 1.29 is 23.9 Å². The first-order chi connectivity index (χ1) is 16.4. The normalized spacial score (nSPS) is 14.8. The number of hydrogen-bond donors (Lipinski definition) is 1. The summed E-state index contributed by atoms with van der Waals surface area (Å²) >= 11 is 7.27. The third-order valence-electron chi connectivity index (χ3n) is 5.07. The molecular formula is C25H21ClN2O5S. The van der Waals surface area contributed by atoms with E-state index in [0.29, 0.717) is 28.7 Å². The zero-order valence-electron chi connectivity index (χ0n) is 18.2. The first-order valence-electron chi connectivity index (χ1n) is 10.5. The van der Waals surface area contributed by atoms with Gasteiger partial charge in [0.05, 0.1) is 16.5 Å². The van der Waals surface area contributed by atoms with Crippen molar-refractivity contribution in [1.82, 2.24) is 4.90 Å². The number of thioether (sulfide) groups is 1. The smallest absolute Gasteiger partial charge is 0.294 e. The quantitative estimate of drug-likeness (QED) is 0.441. The highest BCUT2D eigenvalue weighted by Crippen LogP contribution is 2.39. The maximum absolute atomic E-state index is 12.5. The maximum Gasteiger partial charge on any atom is 0.294 e. The number of benzene rings is 3. The Morgan fingerprint density at radius 3 is 2.65 bits per heavy atom. The third kappa shape index (κ3) is 5.03. The predicted molar refractivity (Wildman–Crippen MR) is 133 cm³/mol. The molecule has 2 N–H and O–H groups in total. The van der Waals surface area contributed by atoms with E-state index in [-0.39, 0.29) is 11.5 Å². The molecule has 1 aliphatic rings. The summed E-state index contributed by atoms with van der Waals surface area (Å²) in [5.41, 5.74) is 6.68. The summed E-state index contributed by atoms with van der Waals surface area (Å²) in [7, 11) is 0. The Hall–Kier alpha value is -3.49. The Labute approximate surface area is 205 Å². The predicted octanol–water partition coefficient (Wildman–Crippen LogP) is 4.99. The molecule has 0 aliphatic carbocycles. The maximum atomic E-state index is 12.5. The van der Waals surface area contributed by atoms with Gasteiger partial charge in [0.2, 0.25) is 5.91 Å². The van der Waals surface area contributed by atoms with Crippen LogP contribution >= 0.6 is 23.4 Å². The van der Waals surface area contributed by atoms with Gasteiger partial charge in [0, 0.05) is 0 Å². The molecule has 0 radical (unpaired) electrons. The van der Waals surface area contributed by atoms with Crippen LogP contribution in [0.15, 0.2) is 59.5 Å². The van der Waals surface area contributed by atoms with Crippen LogP contribution in [0, 0.1) is 0 Å². The van der Waals surface area contributed by atoms with Gasteiger partial charge >= 0.3 is 0 Å². The van der Waals surface area contributed by atoms with Crippen molar-refractivity contribution in [2.24, 2.45) is 5.73 Å². The number of carbonyl (C=O) groups excluding carboxylic acids is 3. The van der Waals surface area contributed by atoms with E-state index in [1.165, 1.54) is 6.08 Å². The summed E-state index contributed by atoms with van der Waals surface area (Å²) < 4.78 is 11.8. The van der Waals surface area contributed by atoms with E-state index in [2.05, 4.69) is 0 Å². The van der Waals surface area contributed by atoms with Crippen LogP contribution in [-0.2, 0) is 16.2 Å². The lowest BCUT2D eigenvalue weighted by molar-refractivity contribution is -0.127. The Bertz CT molecular complexity index is 1320. The van der Waals surface area contributed by atoms with Crippen LogP contribution in [0.1, 0.15) is 18.1 Å². The number of amides is 3. The van der Waals surface area contributed by atoms with Crippen LogP contribution < -0.4 is 15.2 Å². The lowest BCUT2D eigenvalue weighted by Gasteiger charge is -2.15. The number of rotatable bonds is 8. The fraction of sp³-hybridized carbons (Fsp3) is 0.160. The number of halogens is 1. The van der Waals surface area contributed by atoms with Gasteiger partial charge in [-0.2, -0.15) is 0 Å². The second kappa shape index (κ2) is 10.2. The molecule has 7 nitrogen and oxygen atoms in total. The minimum atomic E-state index is -0.766. The highest BCUT2D eigenvalue weighted by molar-refractivity contribution is 8.18. The van der Waals surface area contributed by atoms with Crippen molar-refractivity contribution in [2.75, 3.05) is 13.2 Å². The van der Waals surface area contributed by atoms with Crippen molar-refractivity contribution in [3.05, 3.63) is 75.7 Å². The molecular weight excluding hydrogens is 476 g/mol. The van der Waals surface area contributed by atoms with Crippen LogP contribution in [-0.4, -0.2) is 35.1 Å². The molecule has 34 heavy (non-hydrogen) atoms. The van der Waals surface area contributed by atoms with Crippen LogP contribution in [0.5, 0.6) is 11.5 Å². The van der Waals surface area contributed by atoms with Gasteiger partial charge in [-0.3, -0.25) is 19.3 Å². The van der Waals surface area contributed by atoms with Crippen molar-refractivity contribution in [2.45, 2.75) is 13.5 Å². The number of hydrogen-bond acceptors (Lipinski definition) is 6. The summed E-state index contributed by atoms with van der Waals surface area (Å²) in [5, 5.41) is 1.94. The van der Waals surface area contributed by atoms with Crippen LogP contribution in [0.3, 0.4) is 0 Å². The molecule has 0 atom stereocenters. The van der Waals surface area contributed by atoms with E-state index in [1.807, 2.05) is 49.4 Å². The number of imide groups is 1. The summed E-state index contributed by atoms with van der Waals surface area (Å²) in [6.07, 6.45) is 1.52. The average molecular weight is 497 g/mol. The Balaban J connectivity index is 1.61. The van der Waals surface area contributed by atoms with Gasteiger partial charge in [-0.05, 0) is 58.8 Å². The standard InChI is InChI=1S/C25H21ClN2O5S/c1-2-32-20-11-15(12-21-24(30)28(13-22(27)29)25(31)34-21)10-19(26)23(20)33-14-17-8-5-7-16-6-3-4-9-18(16)17/h3-12H,2,13-14H2,1H3,(H2,27,29)/b21-12-. The molecule has 1 saturated heterocycles. The van der Waals surface area contributed by atoms with Crippen LogP contribution in [0.2, 0.25) is 5.02 Å². The number of primary amides is 1. The molecule has 0 spiro atoms. The fourth-order valence-electron chi connectivity index (χ4n) is 3.59. The number of fused-ring (bicyclic) bond motifs is 1. The molecule has 0 aromatic heterocycles. The minimum Gasteiger partial charge on any atom is -0.490 e. The van der Waals surface area contributed by atoms with Crippen molar-refractivity contribution in [3.8, 4) is 11.5 Å². The molecule has 1 aliphatic heterocycles. The molecule has 3 aromatic carbocycles. The summed E-state index contributed by atoms with van der Waals surface area (Å²) in [6, 6.07) is 17.4. The van der Waals surface area contributed by atoms with Gasteiger partial charge in [0.25, 0.3) is 11.1 Å². The number of ether oxygens (including phenoxy) is 2. The summed E-state index contributed by atoms with van der Waals surface area (Å²) in [5.74, 6) is -0.551. The van der Waals surface area contributed by atoms with Crippen molar-refractivity contribution in [1.29, 1.82) is 0 Å². The first kappa shape index (κ1) is 23.7. The zero-order valence-corrected chi connectivity index (χ0v) is 19.8. The average Bonchev–Trinajstić information content (AvgIpc) is 3.05. The summed E-state index contributed by atoms with van der Waals surface area (Å²) in [4.78, 5) is 36.7. The molecule has 0 bridgehead atoms. The molecule has 1 fully saturated rings. The third-order valence-corrected chi connectivity index (χ3v) is 6.26. The number of carbonyl (C=O) groups is 3. The van der Waals surface area contributed by atoms with Crippen molar-refractivity contribution >= 4 is 57.3 Å². The molecule has 4 rings (SSSR count). The fourth-order valence-corrected chi connectivity index (χ4v) is 4.70. The van der Waals surface area contributed by atoms with E-state index in [9.17, 15) is 14.4 Å². The van der Waals surface area contributed by atoms with E-state index < -0.39 is 23.6 Å². The largest absolute Gasteiger partial charge is 0.490 e. The molecule has 0 unspecified atom stereocenters. The van der Waals surface area contributed by atoms with E-state index in [4.69, 9.17) is 26.8 Å². The number of nitrogens with two attached hydrogens (primary N) is 1. The van der Waals surface area contributed by atoms with E-state index in [1.54, 1.807) is 12.1 Å². The van der Waals surface area contributed by atoms with Gasteiger partial charge in [-0.25, -0.2) is 0 Å². The topological polar surface area (TPSA) is 98.9 Å².